The SMILES string of the molecule is COCc1c(-c2ccc(NC(=O)Nc3cc(C(F)(F)F)ccc3F)cc2)c2c(N)ncnn2c1C1COCCN1C.Cl. The second-order valence-electron chi connectivity index (χ2n) is 9.50. The molecule has 224 valence electrons. The fraction of sp³-hybridized carbons (Fsp3) is 0.296. The number of fused-ring (bicyclic) bond motifs is 1. The van der Waals surface area contributed by atoms with Crippen molar-refractivity contribution in [2.45, 2.75) is 18.8 Å². The quantitative estimate of drug-likeness (QED) is 0.252. The van der Waals surface area contributed by atoms with Crippen LogP contribution in [0.15, 0.2) is 48.8 Å². The second-order valence-corrected chi connectivity index (χ2v) is 9.50. The molecular formula is C27H28ClF4N7O3. The van der Waals surface area contributed by atoms with Gasteiger partial charge in [0.2, 0.25) is 0 Å². The van der Waals surface area contributed by atoms with Crippen LogP contribution in [0.25, 0.3) is 16.6 Å². The molecule has 0 spiro atoms. The molecule has 4 N–H and O–H groups in total. The van der Waals surface area contributed by atoms with Crippen LogP contribution in [0, 0.1) is 5.82 Å². The van der Waals surface area contributed by atoms with Gasteiger partial charge in [-0.15, -0.1) is 12.4 Å². The Labute approximate surface area is 244 Å². The van der Waals surface area contributed by atoms with Crippen LogP contribution in [0.1, 0.15) is 22.9 Å². The number of ether oxygens (including phenoxy) is 2. The summed E-state index contributed by atoms with van der Waals surface area (Å²) in [5.41, 5.74) is 8.75. The Bertz CT molecular complexity index is 1580. The van der Waals surface area contributed by atoms with E-state index in [2.05, 4.69) is 25.6 Å². The van der Waals surface area contributed by atoms with Gasteiger partial charge in [-0.25, -0.2) is 18.7 Å². The fourth-order valence-electron chi connectivity index (χ4n) is 4.90. The molecule has 3 heterocycles. The third kappa shape index (κ3) is 6.11. The number of alkyl halides is 3. The van der Waals surface area contributed by atoms with Crippen LogP contribution in [-0.2, 0) is 22.3 Å². The number of methoxy groups -OCH3 is 1. The Hall–Kier alpha value is -3.98. The van der Waals surface area contributed by atoms with Crippen molar-refractivity contribution in [1.82, 2.24) is 19.5 Å². The third-order valence-electron chi connectivity index (χ3n) is 6.87. The van der Waals surface area contributed by atoms with Crippen molar-refractivity contribution >= 4 is 41.1 Å². The van der Waals surface area contributed by atoms with Gasteiger partial charge in [-0.05, 0) is 42.9 Å². The summed E-state index contributed by atoms with van der Waals surface area (Å²) in [5, 5.41) is 9.12. The van der Waals surface area contributed by atoms with Gasteiger partial charge in [0.1, 0.15) is 17.7 Å². The number of nitrogen functional groups attached to an aromatic ring is 1. The summed E-state index contributed by atoms with van der Waals surface area (Å²) >= 11 is 0. The third-order valence-corrected chi connectivity index (χ3v) is 6.87. The van der Waals surface area contributed by atoms with Crippen molar-refractivity contribution in [1.29, 1.82) is 0 Å². The molecule has 10 nitrogen and oxygen atoms in total. The lowest BCUT2D eigenvalue weighted by atomic mass is 9.98. The van der Waals surface area contributed by atoms with E-state index < -0.39 is 29.3 Å². The van der Waals surface area contributed by atoms with E-state index >= 15 is 0 Å². The first-order valence-electron chi connectivity index (χ1n) is 12.5. The largest absolute Gasteiger partial charge is 0.416 e. The number of hydrogen-bond donors (Lipinski definition) is 3. The number of rotatable bonds is 6. The number of nitrogens with one attached hydrogen (secondary N) is 2. The molecule has 1 saturated heterocycles. The number of halogens is 5. The standard InChI is InChI=1S/C27H27F4N7O3.ClH/c1-37-9-10-41-13-21(37)23-18(12-40-2)22(24-25(32)33-14-34-38(23)24)15-3-6-17(7-4-15)35-26(39)36-20-11-16(27(29,30)31)5-8-19(20)28;/h3-8,11,14,21H,9-10,12-13H2,1-2H3,(H2,32,33,34)(H2,35,36,39);1H. The smallest absolute Gasteiger partial charge is 0.382 e. The molecular weight excluding hydrogens is 582 g/mol. The summed E-state index contributed by atoms with van der Waals surface area (Å²) in [6.07, 6.45) is -3.30. The predicted molar refractivity (Wildman–Crippen MR) is 151 cm³/mol. The first-order chi connectivity index (χ1) is 19.6. The number of amides is 2. The van der Waals surface area contributed by atoms with Crippen molar-refractivity contribution in [2.24, 2.45) is 0 Å². The minimum atomic E-state index is -4.69. The Kier molecular flexibility index (Phi) is 9.21. The minimum absolute atomic E-state index is 0. The van der Waals surface area contributed by atoms with E-state index in [0.29, 0.717) is 42.6 Å². The Morgan fingerprint density at radius 1 is 1.19 bits per heavy atom. The molecule has 2 amide bonds. The molecule has 5 rings (SSSR count). The number of likely N-dealkylation sites (N-methyl/N-ethyl adjacent to an activating group) is 1. The number of anilines is 3. The highest BCUT2D eigenvalue weighted by Gasteiger charge is 2.33. The van der Waals surface area contributed by atoms with E-state index in [1.165, 1.54) is 6.33 Å². The number of nitrogens with zero attached hydrogens (tertiary/aromatic N) is 4. The Morgan fingerprint density at radius 2 is 1.93 bits per heavy atom. The maximum absolute atomic E-state index is 14.1. The fourth-order valence-corrected chi connectivity index (χ4v) is 4.90. The number of benzene rings is 2. The molecule has 2 aromatic heterocycles. The topological polar surface area (TPSA) is 119 Å². The summed E-state index contributed by atoms with van der Waals surface area (Å²) in [4.78, 5) is 18.8. The maximum Gasteiger partial charge on any atom is 0.416 e. The van der Waals surface area contributed by atoms with Gasteiger partial charge in [0.05, 0.1) is 42.8 Å². The minimum Gasteiger partial charge on any atom is -0.382 e. The number of hydrogen-bond acceptors (Lipinski definition) is 7. The molecule has 15 heteroatoms. The predicted octanol–water partition coefficient (Wildman–Crippen LogP) is 5.35. The number of morpholine rings is 1. The number of carbonyl (C=O) groups is 1. The van der Waals surface area contributed by atoms with E-state index in [9.17, 15) is 22.4 Å². The molecule has 42 heavy (non-hydrogen) atoms. The number of carbonyl (C=O) groups excluding carboxylic acids is 1. The van der Waals surface area contributed by atoms with Gasteiger partial charge in [0.15, 0.2) is 5.82 Å². The monoisotopic (exact) mass is 609 g/mol. The molecule has 0 saturated carbocycles. The Morgan fingerprint density at radius 3 is 2.60 bits per heavy atom. The molecule has 0 bridgehead atoms. The average molecular weight is 610 g/mol. The first kappa shape index (κ1) is 31.0. The van der Waals surface area contributed by atoms with Crippen LogP contribution in [0.4, 0.5) is 39.5 Å². The van der Waals surface area contributed by atoms with Crippen LogP contribution in [0.2, 0.25) is 0 Å². The van der Waals surface area contributed by atoms with Gasteiger partial charge in [-0.2, -0.15) is 18.3 Å². The van der Waals surface area contributed by atoms with Gasteiger partial charge in [0.25, 0.3) is 0 Å². The van der Waals surface area contributed by atoms with Crippen LogP contribution in [-0.4, -0.2) is 59.4 Å². The summed E-state index contributed by atoms with van der Waals surface area (Å²) in [7, 11) is 3.59. The van der Waals surface area contributed by atoms with Crippen molar-refractivity contribution < 1.29 is 31.8 Å². The molecule has 4 aromatic rings. The molecule has 1 atom stereocenters. The van der Waals surface area contributed by atoms with Crippen molar-refractivity contribution in [3.05, 3.63) is 71.4 Å². The summed E-state index contributed by atoms with van der Waals surface area (Å²) in [6, 6.07) is 7.44. The molecule has 1 fully saturated rings. The molecule has 0 aliphatic carbocycles. The highest BCUT2D eigenvalue weighted by Crippen LogP contribution is 2.40. The maximum atomic E-state index is 14.1. The number of nitrogens with two attached hydrogens (primary N) is 1. The summed E-state index contributed by atoms with van der Waals surface area (Å²) in [6.45, 7) is 2.05. The second kappa shape index (κ2) is 12.5. The van der Waals surface area contributed by atoms with Crippen LogP contribution < -0.4 is 16.4 Å². The molecule has 2 aromatic carbocycles. The highest BCUT2D eigenvalue weighted by molar-refractivity contribution is 6.00. The number of aromatic nitrogens is 3. The Balaban J connectivity index is 0.00000405. The van der Waals surface area contributed by atoms with Crippen LogP contribution in [0.3, 0.4) is 0 Å². The average Bonchev–Trinajstić information content (AvgIpc) is 3.25. The van der Waals surface area contributed by atoms with E-state index in [1.54, 1.807) is 35.9 Å². The van der Waals surface area contributed by atoms with Gasteiger partial charge in [-0.1, -0.05) is 12.1 Å². The number of urea groups is 1. The lowest BCUT2D eigenvalue weighted by molar-refractivity contribution is -0.137. The summed E-state index contributed by atoms with van der Waals surface area (Å²) in [5.74, 6) is -0.734. The van der Waals surface area contributed by atoms with Gasteiger partial charge in [-0.3, -0.25) is 4.90 Å². The van der Waals surface area contributed by atoms with E-state index in [-0.39, 0.29) is 30.9 Å². The highest BCUT2D eigenvalue weighted by atomic mass is 35.5. The molecule has 1 aliphatic heterocycles. The molecule has 1 aliphatic rings. The van der Waals surface area contributed by atoms with Crippen molar-refractivity contribution in [2.75, 3.05) is 50.3 Å². The van der Waals surface area contributed by atoms with Crippen LogP contribution >= 0.6 is 12.4 Å². The van der Waals surface area contributed by atoms with Crippen molar-refractivity contribution in [3.63, 3.8) is 0 Å². The molecule has 0 radical (unpaired) electrons. The van der Waals surface area contributed by atoms with Crippen molar-refractivity contribution in [3.8, 4) is 11.1 Å². The lowest BCUT2D eigenvalue weighted by Gasteiger charge is -2.32. The zero-order valence-corrected chi connectivity index (χ0v) is 23.4. The van der Waals surface area contributed by atoms with Gasteiger partial charge >= 0.3 is 12.2 Å². The van der Waals surface area contributed by atoms with E-state index in [4.69, 9.17) is 15.2 Å². The zero-order chi connectivity index (χ0) is 29.3. The van der Waals surface area contributed by atoms with Gasteiger partial charge in [0, 0.05) is 30.5 Å². The summed E-state index contributed by atoms with van der Waals surface area (Å²) < 4.78 is 66.2. The molecule has 1 unspecified atom stereocenters. The first-order valence-corrected chi connectivity index (χ1v) is 12.5. The van der Waals surface area contributed by atoms with E-state index in [0.717, 1.165) is 28.9 Å². The lowest BCUT2D eigenvalue weighted by Crippen LogP contribution is -2.37. The van der Waals surface area contributed by atoms with E-state index in [1.807, 2.05) is 7.05 Å². The van der Waals surface area contributed by atoms with Gasteiger partial charge < -0.3 is 25.8 Å². The zero-order valence-electron chi connectivity index (χ0n) is 22.5. The van der Waals surface area contributed by atoms with Crippen LogP contribution in [0.5, 0.6) is 0 Å². The normalized spacial score (nSPS) is 15.8.